The lowest BCUT2D eigenvalue weighted by molar-refractivity contribution is -0.118. The van der Waals surface area contributed by atoms with Crippen molar-refractivity contribution in [2.75, 3.05) is 41.9 Å². The zero-order valence-corrected chi connectivity index (χ0v) is 18.4. The van der Waals surface area contributed by atoms with Gasteiger partial charge in [-0.3, -0.25) is 9.59 Å². The molecule has 0 saturated heterocycles. The first-order valence-electron chi connectivity index (χ1n) is 9.20. The fourth-order valence-electron chi connectivity index (χ4n) is 2.56. The molecule has 0 aromatic heterocycles. The standard InChI is InChI=1S/C21H26BrN3O2S/c1-25(19-10-3-2-4-11-19)13-6-5-12-23-20(26)15-28-16-21(27)24-18-9-7-8-17(22)14-18/h2-4,7-11,14H,5-6,12-13,15-16H2,1H3,(H,23,26)(H,24,27). The summed E-state index contributed by atoms with van der Waals surface area (Å²) in [5.41, 5.74) is 1.94. The molecule has 0 spiro atoms. The van der Waals surface area contributed by atoms with Gasteiger partial charge >= 0.3 is 0 Å². The molecule has 2 amide bonds. The minimum absolute atomic E-state index is 0.0309. The molecule has 150 valence electrons. The fourth-order valence-corrected chi connectivity index (χ4v) is 3.61. The summed E-state index contributed by atoms with van der Waals surface area (Å²) in [5, 5.41) is 5.73. The Hall–Kier alpha value is -1.99. The molecule has 2 aromatic rings. The maximum atomic E-state index is 11.9. The Labute approximate surface area is 179 Å². The lowest BCUT2D eigenvalue weighted by atomic mass is 10.2. The molecule has 0 heterocycles. The Kier molecular flexibility index (Phi) is 9.93. The van der Waals surface area contributed by atoms with Crippen LogP contribution in [-0.4, -0.2) is 43.5 Å². The molecule has 5 nitrogen and oxygen atoms in total. The number of nitrogens with one attached hydrogen (secondary N) is 2. The average molecular weight is 464 g/mol. The number of benzene rings is 2. The second-order valence-corrected chi connectivity index (χ2v) is 8.27. The summed E-state index contributed by atoms with van der Waals surface area (Å²) >= 11 is 4.68. The van der Waals surface area contributed by atoms with Gasteiger partial charge < -0.3 is 15.5 Å². The minimum Gasteiger partial charge on any atom is -0.375 e. The smallest absolute Gasteiger partial charge is 0.234 e. The highest BCUT2D eigenvalue weighted by Crippen LogP contribution is 2.16. The Morgan fingerprint density at radius 3 is 2.50 bits per heavy atom. The van der Waals surface area contributed by atoms with E-state index < -0.39 is 0 Å². The monoisotopic (exact) mass is 463 g/mol. The van der Waals surface area contributed by atoms with Crippen LogP contribution in [0.15, 0.2) is 59.1 Å². The van der Waals surface area contributed by atoms with Gasteiger partial charge in [0.25, 0.3) is 0 Å². The van der Waals surface area contributed by atoms with Crippen LogP contribution in [0.5, 0.6) is 0 Å². The number of halogens is 1. The van der Waals surface area contributed by atoms with Gasteiger partial charge in [-0.05, 0) is 43.2 Å². The Balaban J connectivity index is 1.51. The topological polar surface area (TPSA) is 61.4 Å². The number of rotatable bonds is 11. The molecular formula is C21H26BrN3O2S. The summed E-state index contributed by atoms with van der Waals surface area (Å²) in [5.74, 6) is 0.397. The van der Waals surface area contributed by atoms with E-state index in [2.05, 4.69) is 50.6 Å². The van der Waals surface area contributed by atoms with Gasteiger partial charge in [0.2, 0.25) is 11.8 Å². The van der Waals surface area contributed by atoms with Crippen LogP contribution in [0.1, 0.15) is 12.8 Å². The molecule has 0 fully saturated rings. The van der Waals surface area contributed by atoms with Crippen molar-refractivity contribution in [3.63, 3.8) is 0 Å². The van der Waals surface area contributed by atoms with Crippen LogP contribution in [0.25, 0.3) is 0 Å². The van der Waals surface area contributed by atoms with E-state index in [0.717, 1.165) is 29.5 Å². The van der Waals surface area contributed by atoms with Crippen molar-refractivity contribution >= 4 is 50.9 Å². The lowest BCUT2D eigenvalue weighted by Crippen LogP contribution is -2.28. The molecule has 0 aliphatic carbocycles. The first kappa shape index (κ1) is 22.3. The minimum atomic E-state index is -0.111. The van der Waals surface area contributed by atoms with Crippen LogP contribution >= 0.6 is 27.7 Å². The van der Waals surface area contributed by atoms with Crippen molar-refractivity contribution in [1.29, 1.82) is 0 Å². The fraction of sp³-hybridized carbons (Fsp3) is 0.333. The van der Waals surface area contributed by atoms with Crippen molar-refractivity contribution in [2.45, 2.75) is 12.8 Å². The number of para-hydroxylation sites is 1. The Morgan fingerprint density at radius 1 is 1.00 bits per heavy atom. The predicted molar refractivity (Wildman–Crippen MR) is 122 cm³/mol. The molecule has 0 radical (unpaired) electrons. The van der Waals surface area contributed by atoms with Crippen LogP contribution in [0, 0.1) is 0 Å². The molecule has 7 heteroatoms. The Morgan fingerprint density at radius 2 is 1.75 bits per heavy atom. The van der Waals surface area contributed by atoms with E-state index in [1.165, 1.54) is 17.4 Å². The third-order valence-corrected chi connectivity index (χ3v) is 5.44. The molecule has 0 aliphatic heterocycles. The number of carbonyl (C=O) groups is 2. The average Bonchev–Trinajstić information content (AvgIpc) is 2.68. The van der Waals surface area contributed by atoms with E-state index in [-0.39, 0.29) is 23.3 Å². The van der Waals surface area contributed by atoms with Crippen LogP contribution in [-0.2, 0) is 9.59 Å². The molecule has 2 rings (SSSR count). The molecule has 0 atom stereocenters. The number of hydrogen-bond donors (Lipinski definition) is 2. The van der Waals surface area contributed by atoms with Gasteiger partial charge in [0, 0.05) is 36.0 Å². The molecule has 0 bridgehead atoms. The molecule has 28 heavy (non-hydrogen) atoms. The number of carbonyl (C=O) groups excluding carboxylic acids is 2. The van der Waals surface area contributed by atoms with Crippen LogP contribution in [0.4, 0.5) is 11.4 Å². The molecule has 0 aliphatic rings. The normalized spacial score (nSPS) is 10.4. The summed E-state index contributed by atoms with van der Waals surface area (Å²) in [6.45, 7) is 1.61. The van der Waals surface area contributed by atoms with E-state index in [4.69, 9.17) is 0 Å². The van der Waals surface area contributed by atoms with Crippen LogP contribution in [0.3, 0.4) is 0 Å². The van der Waals surface area contributed by atoms with E-state index in [9.17, 15) is 9.59 Å². The largest absolute Gasteiger partial charge is 0.375 e. The number of hydrogen-bond acceptors (Lipinski definition) is 4. The number of thioether (sulfide) groups is 1. The second kappa shape index (κ2) is 12.5. The second-order valence-electron chi connectivity index (χ2n) is 6.37. The van der Waals surface area contributed by atoms with Gasteiger partial charge in [0.05, 0.1) is 11.5 Å². The summed E-state index contributed by atoms with van der Waals surface area (Å²) in [7, 11) is 2.07. The highest BCUT2D eigenvalue weighted by Gasteiger charge is 2.06. The first-order chi connectivity index (χ1) is 13.5. The first-order valence-corrected chi connectivity index (χ1v) is 11.2. The SMILES string of the molecule is CN(CCCCNC(=O)CSCC(=O)Nc1cccc(Br)c1)c1ccccc1. The molecular weight excluding hydrogens is 438 g/mol. The van der Waals surface area contributed by atoms with E-state index in [1.54, 1.807) is 0 Å². The number of anilines is 2. The highest BCUT2D eigenvalue weighted by atomic mass is 79.9. The van der Waals surface area contributed by atoms with Crippen molar-refractivity contribution in [3.05, 3.63) is 59.1 Å². The van der Waals surface area contributed by atoms with Crippen LogP contribution < -0.4 is 15.5 Å². The number of unbranched alkanes of at least 4 members (excludes halogenated alkanes) is 1. The third-order valence-electron chi connectivity index (χ3n) is 4.01. The lowest BCUT2D eigenvalue weighted by Gasteiger charge is -2.19. The summed E-state index contributed by atoms with van der Waals surface area (Å²) in [6.07, 6.45) is 1.94. The van der Waals surface area contributed by atoms with Crippen molar-refractivity contribution < 1.29 is 9.59 Å². The summed E-state index contributed by atoms with van der Waals surface area (Å²) < 4.78 is 0.910. The third kappa shape index (κ3) is 8.80. The summed E-state index contributed by atoms with van der Waals surface area (Å²) in [4.78, 5) is 26.0. The molecule has 2 N–H and O–H groups in total. The zero-order chi connectivity index (χ0) is 20.2. The summed E-state index contributed by atoms with van der Waals surface area (Å²) in [6, 6.07) is 17.7. The van der Waals surface area contributed by atoms with Gasteiger partial charge in [0.1, 0.15) is 0 Å². The van der Waals surface area contributed by atoms with Gasteiger partial charge in [-0.25, -0.2) is 0 Å². The van der Waals surface area contributed by atoms with E-state index in [0.29, 0.717) is 6.54 Å². The van der Waals surface area contributed by atoms with Crippen molar-refractivity contribution in [1.82, 2.24) is 5.32 Å². The number of nitrogens with zero attached hydrogens (tertiary/aromatic N) is 1. The van der Waals surface area contributed by atoms with E-state index in [1.807, 2.05) is 42.5 Å². The van der Waals surface area contributed by atoms with E-state index >= 15 is 0 Å². The highest BCUT2D eigenvalue weighted by molar-refractivity contribution is 9.10. The van der Waals surface area contributed by atoms with Crippen LogP contribution in [0.2, 0.25) is 0 Å². The molecule has 0 saturated carbocycles. The number of amides is 2. The van der Waals surface area contributed by atoms with Gasteiger partial charge in [-0.2, -0.15) is 0 Å². The predicted octanol–water partition coefficient (Wildman–Crippen LogP) is 4.15. The maximum Gasteiger partial charge on any atom is 0.234 e. The van der Waals surface area contributed by atoms with Gasteiger partial charge in [-0.15, -0.1) is 11.8 Å². The molecule has 2 aromatic carbocycles. The molecule has 0 unspecified atom stereocenters. The maximum absolute atomic E-state index is 11.9. The van der Waals surface area contributed by atoms with Gasteiger partial charge in [-0.1, -0.05) is 40.2 Å². The van der Waals surface area contributed by atoms with Gasteiger partial charge in [0.15, 0.2) is 0 Å². The Bertz CT molecular complexity index is 758. The zero-order valence-electron chi connectivity index (χ0n) is 16.0. The van der Waals surface area contributed by atoms with Crippen molar-refractivity contribution in [2.24, 2.45) is 0 Å². The van der Waals surface area contributed by atoms with Crippen molar-refractivity contribution in [3.8, 4) is 0 Å². The quantitative estimate of drug-likeness (QED) is 0.491.